The highest BCUT2D eigenvalue weighted by Crippen LogP contribution is 2.32. The Morgan fingerprint density at radius 3 is 2.81 bits per heavy atom. The molecule has 0 saturated heterocycles. The van der Waals surface area contributed by atoms with E-state index >= 15 is 0 Å². The lowest BCUT2D eigenvalue weighted by Gasteiger charge is -2.29. The fraction of sp³-hybridized carbons (Fsp3) is 0.611. The van der Waals surface area contributed by atoms with Gasteiger partial charge in [-0.05, 0) is 50.8 Å². The SMILES string of the molecule is CCNC(C#N)(CC)CCCN1c2ccccc2CC1C. The molecule has 0 amide bonds. The van der Waals surface area contributed by atoms with Crippen molar-refractivity contribution in [3.8, 4) is 6.07 Å². The third-order valence-corrected chi connectivity index (χ3v) is 4.68. The second kappa shape index (κ2) is 6.95. The van der Waals surface area contributed by atoms with E-state index in [1.807, 2.05) is 0 Å². The standard InChI is InChI=1S/C18H27N3/c1-4-18(14-19,20-5-2)11-8-12-21-15(3)13-16-9-6-7-10-17(16)21/h6-7,9-10,15,20H,4-5,8,11-13H2,1-3H3. The Labute approximate surface area is 129 Å². The van der Waals surface area contributed by atoms with Gasteiger partial charge in [-0.15, -0.1) is 0 Å². The zero-order valence-corrected chi connectivity index (χ0v) is 13.5. The highest BCUT2D eigenvalue weighted by molar-refractivity contribution is 5.59. The normalized spacial score (nSPS) is 19.9. The molecule has 114 valence electrons. The lowest BCUT2D eigenvalue weighted by Crippen LogP contribution is -2.44. The molecule has 0 aromatic heterocycles. The summed E-state index contributed by atoms with van der Waals surface area (Å²) in [6.45, 7) is 8.35. The van der Waals surface area contributed by atoms with Crippen LogP contribution in [-0.2, 0) is 6.42 Å². The number of nitrogens with zero attached hydrogens (tertiary/aromatic N) is 2. The van der Waals surface area contributed by atoms with Crippen molar-refractivity contribution in [2.45, 2.75) is 58.0 Å². The topological polar surface area (TPSA) is 39.1 Å². The Morgan fingerprint density at radius 1 is 1.38 bits per heavy atom. The van der Waals surface area contributed by atoms with Crippen molar-refractivity contribution in [3.05, 3.63) is 29.8 Å². The van der Waals surface area contributed by atoms with Gasteiger partial charge in [-0.1, -0.05) is 32.0 Å². The largest absolute Gasteiger partial charge is 0.368 e. The fourth-order valence-corrected chi connectivity index (χ4v) is 3.42. The minimum absolute atomic E-state index is 0.350. The molecule has 2 unspecified atom stereocenters. The molecule has 0 bridgehead atoms. The van der Waals surface area contributed by atoms with Crippen molar-refractivity contribution in [2.75, 3.05) is 18.0 Å². The number of benzene rings is 1. The maximum absolute atomic E-state index is 9.48. The average molecular weight is 285 g/mol. The van der Waals surface area contributed by atoms with Gasteiger partial charge in [-0.3, -0.25) is 5.32 Å². The number of nitrogens with one attached hydrogen (secondary N) is 1. The van der Waals surface area contributed by atoms with Crippen LogP contribution in [0.3, 0.4) is 0 Å². The first-order valence-corrected chi connectivity index (χ1v) is 8.16. The first-order chi connectivity index (χ1) is 10.2. The van der Waals surface area contributed by atoms with E-state index in [-0.39, 0.29) is 5.54 Å². The summed E-state index contributed by atoms with van der Waals surface area (Å²) in [7, 11) is 0. The molecule has 3 nitrogen and oxygen atoms in total. The third-order valence-electron chi connectivity index (χ3n) is 4.68. The molecule has 1 heterocycles. The average Bonchev–Trinajstić information content (AvgIpc) is 2.82. The second-order valence-electron chi connectivity index (χ2n) is 6.06. The van der Waals surface area contributed by atoms with Crippen LogP contribution >= 0.6 is 0 Å². The monoisotopic (exact) mass is 285 g/mol. The molecule has 0 spiro atoms. The summed E-state index contributed by atoms with van der Waals surface area (Å²) in [5.74, 6) is 0. The zero-order valence-electron chi connectivity index (χ0n) is 13.5. The van der Waals surface area contributed by atoms with Crippen molar-refractivity contribution in [3.63, 3.8) is 0 Å². The number of hydrogen-bond acceptors (Lipinski definition) is 3. The zero-order chi connectivity index (χ0) is 15.3. The summed E-state index contributed by atoms with van der Waals surface area (Å²) in [5, 5.41) is 12.9. The highest BCUT2D eigenvalue weighted by atomic mass is 15.2. The van der Waals surface area contributed by atoms with Crippen molar-refractivity contribution >= 4 is 5.69 Å². The molecule has 0 fully saturated rings. The molecular weight excluding hydrogens is 258 g/mol. The van der Waals surface area contributed by atoms with E-state index in [0.717, 1.165) is 38.8 Å². The van der Waals surface area contributed by atoms with Crippen molar-refractivity contribution < 1.29 is 0 Å². The van der Waals surface area contributed by atoms with Crippen LogP contribution in [0.5, 0.6) is 0 Å². The fourth-order valence-electron chi connectivity index (χ4n) is 3.42. The van der Waals surface area contributed by atoms with Crippen molar-refractivity contribution in [1.29, 1.82) is 5.26 Å². The molecule has 3 heteroatoms. The summed E-state index contributed by atoms with van der Waals surface area (Å²) in [5.41, 5.74) is 2.49. The van der Waals surface area contributed by atoms with Crippen molar-refractivity contribution in [1.82, 2.24) is 5.32 Å². The first-order valence-electron chi connectivity index (χ1n) is 8.16. The molecule has 1 aromatic rings. The van der Waals surface area contributed by atoms with Gasteiger partial charge in [0.25, 0.3) is 0 Å². The van der Waals surface area contributed by atoms with Crippen LogP contribution in [0, 0.1) is 11.3 Å². The Kier molecular flexibility index (Phi) is 5.25. The summed E-state index contributed by atoms with van der Waals surface area (Å²) >= 11 is 0. The quantitative estimate of drug-likeness (QED) is 0.833. The molecule has 1 N–H and O–H groups in total. The van der Waals surface area contributed by atoms with E-state index in [2.05, 4.69) is 61.3 Å². The molecule has 1 aliphatic heterocycles. The number of fused-ring (bicyclic) bond motifs is 1. The van der Waals surface area contributed by atoms with Gasteiger partial charge in [0.05, 0.1) is 6.07 Å². The number of anilines is 1. The van der Waals surface area contributed by atoms with Gasteiger partial charge in [0.15, 0.2) is 0 Å². The summed E-state index contributed by atoms with van der Waals surface area (Å²) in [6.07, 6.45) is 3.97. The van der Waals surface area contributed by atoms with E-state index in [1.54, 1.807) is 0 Å². The lowest BCUT2D eigenvalue weighted by atomic mass is 9.92. The highest BCUT2D eigenvalue weighted by Gasteiger charge is 2.28. The van der Waals surface area contributed by atoms with Crippen LogP contribution < -0.4 is 10.2 Å². The minimum atomic E-state index is -0.350. The molecule has 1 aromatic carbocycles. The first kappa shape index (κ1) is 15.9. The van der Waals surface area contributed by atoms with Gasteiger partial charge in [0.1, 0.15) is 5.54 Å². The molecule has 21 heavy (non-hydrogen) atoms. The Hall–Kier alpha value is -1.53. The lowest BCUT2D eigenvalue weighted by molar-refractivity contribution is 0.371. The van der Waals surface area contributed by atoms with Gasteiger partial charge in [0.2, 0.25) is 0 Å². The Bertz CT molecular complexity index is 505. The van der Waals surface area contributed by atoms with E-state index in [4.69, 9.17) is 0 Å². The molecular formula is C18H27N3. The molecule has 0 radical (unpaired) electrons. The number of rotatable bonds is 7. The van der Waals surface area contributed by atoms with Crippen LogP contribution in [-0.4, -0.2) is 24.7 Å². The van der Waals surface area contributed by atoms with E-state index < -0.39 is 0 Å². The summed E-state index contributed by atoms with van der Waals surface area (Å²) < 4.78 is 0. The van der Waals surface area contributed by atoms with Gasteiger partial charge < -0.3 is 4.90 Å². The van der Waals surface area contributed by atoms with Crippen LogP contribution in [0.25, 0.3) is 0 Å². The Morgan fingerprint density at radius 2 is 2.14 bits per heavy atom. The summed E-state index contributed by atoms with van der Waals surface area (Å²) in [4.78, 5) is 2.50. The van der Waals surface area contributed by atoms with Gasteiger partial charge in [-0.2, -0.15) is 5.26 Å². The van der Waals surface area contributed by atoms with Crippen LogP contribution in [0.4, 0.5) is 5.69 Å². The smallest absolute Gasteiger partial charge is 0.106 e. The number of nitriles is 1. The van der Waals surface area contributed by atoms with Gasteiger partial charge in [-0.25, -0.2) is 0 Å². The maximum Gasteiger partial charge on any atom is 0.106 e. The van der Waals surface area contributed by atoms with Gasteiger partial charge in [0, 0.05) is 18.3 Å². The Balaban J connectivity index is 1.96. The van der Waals surface area contributed by atoms with E-state index in [0.29, 0.717) is 6.04 Å². The van der Waals surface area contributed by atoms with Gasteiger partial charge >= 0.3 is 0 Å². The second-order valence-corrected chi connectivity index (χ2v) is 6.06. The minimum Gasteiger partial charge on any atom is -0.368 e. The molecule has 2 atom stereocenters. The molecule has 0 aliphatic carbocycles. The molecule has 1 aliphatic rings. The van der Waals surface area contributed by atoms with Crippen LogP contribution in [0.15, 0.2) is 24.3 Å². The van der Waals surface area contributed by atoms with Crippen LogP contribution in [0.2, 0.25) is 0 Å². The number of para-hydroxylation sites is 1. The third kappa shape index (κ3) is 3.39. The summed E-state index contributed by atoms with van der Waals surface area (Å²) in [6, 6.07) is 11.8. The maximum atomic E-state index is 9.48. The van der Waals surface area contributed by atoms with Crippen molar-refractivity contribution in [2.24, 2.45) is 0 Å². The van der Waals surface area contributed by atoms with E-state index in [1.165, 1.54) is 11.3 Å². The van der Waals surface area contributed by atoms with E-state index in [9.17, 15) is 5.26 Å². The molecule has 0 saturated carbocycles. The predicted molar refractivity (Wildman–Crippen MR) is 88.5 cm³/mol. The van der Waals surface area contributed by atoms with Crippen LogP contribution in [0.1, 0.15) is 45.6 Å². The molecule has 2 rings (SSSR count). The number of hydrogen-bond donors (Lipinski definition) is 1. The predicted octanol–water partition coefficient (Wildman–Crippen LogP) is 3.50.